The third-order valence-corrected chi connectivity index (χ3v) is 6.35. The number of imide groups is 1. The number of thioether (sulfide) groups is 1. The predicted molar refractivity (Wildman–Crippen MR) is 126 cm³/mol. The second-order valence-corrected chi connectivity index (χ2v) is 8.77. The molecule has 2 aromatic carbocycles. The van der Waals surface area contributed by atoms with Crippen LogP contribution in [0, 0.1) is 0 Å². The SMILES string of the molecule is CCOC(=O)[C@@H](C)N1C(=O)S/C(=C/c2cn(Cc3ccc(Cl)cc3)c3ccccc23)C1=O. The van der Waals surface area contributed by atoms with Crippen molar-refractivity contribution >= 4 is 57.5 Å². The number of amides is 2. The zero-order valence-electron chi connectivity index (χ0n) is 17.6. The summed E-state index contributed by atoms with van der Waals surface area (Å²) < 4.78 is 7.06. The third kappa shape index (κ3) is 4.31. The van der Waals surface area contributed by atoms with Crippen molar-refractivity contribution in [2.75, 3.05) is 6.61 Å². The molecule has 1 atom stereocenters. The molecule has 1 aliphatic rings. The fourth-order valence-electron chi connectivity index (χ4n) is 3.63. The average molecular weight is 469 g/mol. The van der Waals surface area contributed by atoms with Crippen LogP contribution in [0.4, 0.5) is 4.79 Å². The average Bonchev–Trinajstić information content (AvgIpc) is 3.26. The van der Waals surface area contributed by atoms with Crippen LogP contribution in [0.3, 0.4) is 0 Å². The molecule has 6 nitrogen and oxygen atoms in total. The lowest BCUT2D eigenvalue weighted by Gasteiger charge is -2.19. The van der Waals surface area contributed by atoms with Crippen LogP contribution in [0.5, 0.6) is 0 Å². The van der Waals surface area contributed by atoms with Gasteiger partial charge in [0.05, 0.1) is 11.5 Å². The van der Waals surface area contributed by atoms with Gasteiger partial charge < -0.3 is 9.30 Å². The van der Waals surface area contributed by atoms with Gasteiger partial charge in [-0.05, 0) is 55.4 Å². The minimum Gasteiger partial charge on any atom is -0.464 e. The van der Waals surface area contributed by atoms with Crippen molar-refractivity contribution in [3.05, 3.63) is 75.8 Å². The number of carbonyl (C=O) groups is 3. The molecular formula is C24H21ClN2O4S. The van der Waals surface area contributed by atoms with Crippen LogP contribution in [-0.4, -0.2) is 39.2 Å². The number of halogens is 1. The number of hydrogen-bond acceptors (Lipinski definition) is 5. The first-order valence-corrected chi connectivity index (χ1v) is 11.3. The topological polar surface area (TPSA) is 68.6 Å². The van der Waals surface area contributed by atoms with Crippen molar-refractivity contribution in [3.63, 3.8) is 0 Å². The maximum Gasteiger partial charge on any atom is 0.329 e. The molecule has 1 saturated heterocycles. The van der Waals surface area contributed by atoms with Gasteiger partial charge in [0.25, 0.3) is 11.1 Å². The van der Waals surface area contributed by atoms with E-state index in [0.717, 1.165) is 38.7 Å². The van der Waals surface area contributed by atoms with E-state index in [4.69, 9.17) is 16.3 Å². The summed E-state index contributed by atoms with van der Waals surface area (Å²) in [4.78, 5) is 38.7. The summed E-state index contributed by atoms with van der Waals surface area (Å²) in [5, 5.41) is 1.16. The highest BCUT2D eigenvalue weighted by molar-refractivity contribution is 8.18. The molecule has 0 spiro atoms. The zero-order chi connectivity index (χ0) is 22.8. The van der Waals surface area contributed by atoms with Gasteiger partial charge in [-0.15, -0.1) is 0 Å². The molecule has 1 aromatic heterocycles. The van der Waals surface area contributed by atoms with Crippen LogP contribution in [0.1, 0.15) is 25.0 Å². The van der Waals surface area contributed by atoms with Crippen LogP contribution < -0.4 is 0 Å². The van der Waals surface area contributed by atoms with Crippen molar-refractivity contribution in [1.82, 2.24) is 9.47 Å². The summed E-state index contributed by atoms with van der Waals surface area (Å²) in [6.07, 6.45) is 3.67. The van der Waals surface area contributed by atoms with Gasteiger partial charge in [-0.2, -0.15) is 0 Å². The molecule has 0 saturated carbocycles. The molecule has 1 fully saturated rings. The molecule has 4 rings (SSSR count). The van der Waals surface area contributed by atoms with E-state index in [1.807, 2.05) is 54.7 Å². The summed E-state index contributed by atoms with van der Waals surface area (Å²) in [6, 6.07) is 14.5. The summed E-state index contributed by atoms with van der Waals surface area (Å²) >= 11 is 6.83. The van der Waals surface area contributed by atoms with Crippen molar-refractivity contribution in [1.29, 1.82) is 0 Å². The quantitative estimate of drug-likeness (QED) is 0.361. The summed E-state index contributed by atoms with van der Waals surface area (Å²) in [7, 11) is 0. The standard InChI is InChI=1S/C24H21ClN2O4S/c1-3-31-23(29)15(2)27-22(28)21(32-24(27)30)12-17-14-26(20-7-5-4-6-19(17)20)13-16-8-10-18(25)11-9-16/h4-12,14-15H,3,13H2,1-2H3/b21-12+/t15-/m1/s1. The maximum atomic E-state index is 12.9. The summed E-state index contributed by atoms with van der Waals surface area (Å²) in [5.74, 6) is -1.09. The van der Waals surface area contributed by atoms with Crippen LogP contribution in [-0.2, 0) is 20.9 Å². The van der Waals surface area contributed by atoms with Crippen molar-refractivity contribution in [2.24, 2.45) is 0 Å². The Hall–Kier alpha value is -3.03. The van der Waals surface area contributed by atoms with Crippen LogP contribution in [0.25, 0.3) is 17.0 Å². The molecule has 32 heavy (non-hydrogen) atoms. The number of carbonyl (C=O) groups excluding carboxylic acids is 3. The monoisotopic (exact) mass is 468 g/mol. The number of fused-ring (bicyclic) bond motifs is 1. The summed E-state index contributed by atoms with van der Waals surface area (Å²) in [5.41, 5.74) is 2.92. The smallest absolute Gasteiger partial charge is 0.329 e. The number of nitrogens with zero attached hydrogens (tertiary/aromatic N) is 2. The Morgan fingerprint density at radius 2 is 1.88 bits per heavy atom. The fraction of sp³-hybridized carbons (Fsp3) is 0.208. The third-order valence-electron chi connectivity index (χ3n) is 5.21. The molecule has 2 heterocycles. The molecule has 0 aliphatic carbocycles. The second kappa shape index (κ2) is 9.22. The van der Waals surface area contributed by atoms with Gasteiger partial charge in [-0.1, -0.05) is 41.9 Å². The van der Waals surface area contributed by atoms with Gasteiger partial charge in [0, 0.05) is 34.2 Å². The Morgan fingerprint density at radius 1 is 1.16 bits per heavy atom. The van der Waals surface area contributed by atoms with Gasteiger partial charge in [-0.3, -0.25) is 14.5 Å². The van der Waals surface area contributed by atoms with Gasteiger partial charge >= 0.3 is 5.97 Å². The van der Waals surface area contributed by atoms with Crippen LogP contribution in [0.15, 0.2) is 59.6 Å². The Bertz CT molecular complexity index is 1230. The van der Waals surface area contributed by atoms with Gasteiger partial charge in [0.15, 0.2) is 0 Å². The van der Waals surface area contributed by atoms with E-state index >= 15 is 0 Å². The molecule has 0 N–H and O–H groups in total. The minimum atomic E-state index is -0.973. The number of para-hydroxylation sites is 1. The van der Waals surface area contributed by atoms with E-state index in [9.17, 15) is 14.4 Å². The normalized spacial score (nSPS) is 16.2. The molecule has 1 aliphatic heterocycles. The number of aromatic nitrogens is 1. The van der Waals surface area contributed by atoms with E-state index in [0.29, 0.717) is 11.6 Å². The van der Waals surface area contributed by atoms with E-state index in [1.54, 1.807) is 13.0 Å². The second-order valence-electron chi connectivity index (χ2n) is 7.34. The first kappa shape index (κ1) is 22.2. The molecule has 0 bridgehead atoms. The Morgan fingerprint density at radius 3 is 2.59 bits per heavy atom. The van der Waals surface area contributed by atoms with Crippen molar-refractivity contribution in [2.45, 2.75) is 26.4 Å². The highest BCUT2D eigenvalue weighted by Gasteiger charge is 2.41. The molecular weight excluding hydrogens is 448 g/mol. The molecule has 164 valence electrons. The maximum absolute atomic E-state index is 12.9. The van der Waals surface area contributed by atoms with Crippen molar-refractivity contribution in [3.8, 4) is 0 Å². The van der Waals surface area contributed by atoms with E-state index in [2.05, 4.69) is 4.57 Å². The van der Waals surface area contributed by atoms with Crippen LogP contribution in [0.2, 0.25) is 5.02 Å². The summed E-state index contributed by atoms with van der Waals surface area (Å²) in [6.45, 7) is 3.99. The molecule has 3 aromatic rings. The van der Waals surface area contributed by atoms with Crippen LogP contribution >= 0.6 is 23.4 Å². The minimum absolute atomic E-state index is 0.183. The number of esters is 1. The highest BCUT2D eigenvalue weighted by atomic mass is 35.5. The first-order chi connectivity index (χ1) is 15.4. The lowest BCUT2D eigenvalue weighted by atomic mass is 10.1. The molecule has 2 amide bonds. The van der Waals surface area contributed by atoms with E-state index in [-0.39, 0.29) is 11.5 Å². The van der Waals surface area contributed by atoms with E-state index in [1.165, 1.54) is 6.92 Å². The Balaban J connectivity index is 1.67. The number of ether oxygens (including phenoxy) is 1. The Labute approximate surface area is 194 Å². The zero-order valence-corrected chi connectivity index (χ0v) is 19.2. The fourth-order valence-corrected chi connectivity index (χ4v) is 4.66. The van der Waals surface area contributed by atoms with Gasteiger partial charge in [0.1, 0.15) is 6.04 Å². The highest BCUT2D eigenvalue weighted by Crippen LogP contribution is 2.35. The number of hydrogen-bond donors (Lipinski definition) is 0. The lowest BCUT2D eigenvalue weighted by molar-refractivity contribution is -0.150. The largest absolute Gasteiger partial charge is 0.464 e. The number of rotatable bonds is 6. The first-order valence-electron chi connectivity index (χ1n) is 10.1. The molecule has 0 unspecified atom stereocenters. The van der Waals surface area contributed by atoms with Gasteiger partial charge in [0.2, 0.25) is 0 Å². The molecule has 0 radical (unpaired) electrons. The van der Waals surface area contributed by atoms with Gasteiger partial charge in [-0.25, -0.2) is 4.79 Å². The Kier molecular flexibility index (Phi) is 6.39. The predicted octanol–water partition coefficient (Wildman–Crippen LogP) is 5.33. The lowest BCUT2D eigenvalue weighted by Crippen LogP contribution is -2.42. The molecule has 8 heteroatoms. The number of benzene rings is 2. The van der Waals surface area contributed by atoms with E-state index < -0.39 is 23.2 Å². The van der Waals surface area contributed by atoms with Crippen molar-refractivity contribution < 1.29 is 19.1 Å².